The van der Waals surface area contributed by atoms with Gasteiger partial charge in [0.15, 0.2) is 5.75 Å². The monoisotopic (exact) mass is 633 g/mol. The van der Waals surface area contributed by atoms with E-state index >= 15 is 0 Å². The number of hydrogen-bond donors (Lipinski definition) is 3. The molecule has 0 aliphatic rings. The standard InChI is InChI=1S/C14H12Br5N3O/c1-2-23-14-10(5-7(16)12(20)11(14)19)21-22-13-8(17)3-6(15)4-9(13)18/h3-5,21-22H,2,20H2,1H3. The molecule has 0 spiro atoms. The first-order chi connectivity index (χ1) is 10.8. The van der Waals surface area contributed by atoms with E-state index in [2.05, 4.69) is 90.5 Å². The number of anilines is 3. The Morgan fingerprint density at radius 1 is 0.957 bits per heavy atom. The molecule has 0 saturated heterocycles. The van der Waals surface area contributed by atoms with Gasteiger partial charge in [-0.25, -0.2) is 0 Å². The second-order valence-corrected chi connectivity index (χ2v) is 8.66. The van der Waals surface area contributed by atoms with Crippen molar-refractivity contribution in [3.63, 3.8) is 0 Å². The molecule has 2 rings (SSSR count). The minimum absolute atomic E-state index is 0.528. The van der Waals surface area contributed by atoms with Gasteiger partial charge in [0.05, 0.1) is 28.1 Å². The summed E-state index contributed by atoms with van der Waals surface area (Å²) >= 11 is 17.4. The molecular weight excluding hydrogens is 626 g/mol. The van der Waals surface area contributed by atoms with Crippen LogP contribution in [0.2, 0.25) is 0 Å². The van der Waals surface area contributed by atoms with Crippen LogP contribution in [0.15, 0.2) is 40.6 Å². The smallest absolute Gasteiger partial charge is 0.160 e. The van der Waals surface area contributed by atoms with Gasteiger partial charge in [0.25, 0.3) is 0 Å². The maximum atomic E-state index is 6.01. The van der Waals surface area contributed by atoms with E-state index in [1.807, 2.05) is 25.1 Å². The summed E-state index contributed by atoms with van der Waals surface area (Å²) in [6, 6.07) is 5.76. The lowest BCUT2D eigenvalue weighted by molar-refractivity contribution is 0.340. The highest BCUT2D eigenvalue weighted by Gasteiger charge is 2.15. The number of hydrazine groups is 1. The molecule has 0 fully saturated rings. The van der Waals surface area contributed by atoms with E-state index in [9.17, 15) is 0 Å². The largest absolute Gasteiger partial charge is 0.490 e. The second-order valence-electron chi connectivity index (χ2n) is 4.39. The van der Waals surface area contributed by atoms with Crippen LogP contribution in [0.4, 0.5) is 17.1 Å². The maximum Gasteiger partial charge on any atom is 0.160 e. The summed E-state index contributed by atoms with van der Waals surface area (Å²) in [5.41, 5.74) is 14.5. The number of nitrogens with one attached hydrogen (secondary N) is 2. The van der Waals surface area contributed by atoms with Gasteiger partial charge in [-0.1, -0.05) is 15.9 Å². The Hall–Kier alpha value is 0.0400. The van der Waals surface area contributed by atoms with Gasteiger partial charge in [0.2, 0.25) is 0 Å². The zero-order valence-electron chi connectivity index (χ0n) is 11.8. The molecule has 0 radical (unpaired) electrons. The molecular formula is C14H12Br5N3O. The van der Waals surface area contributed by atoms with E-state index in [-0.39, 0.29) is 0 Å². The molecule has 0 unspecified atom stereocenters. The summed E-state index contributed by atoms with van der Waals surface area (Å²) < 4.78 is 9.93. The Balaban J connectivity index is 2.34. The molecule has 0 saturated carbocycles. The average molecular weight is 638 g/mol. The van der Waals surface area contributed by atoms with Gasteiger partial charge in [-0.05, 0) is 88.8 Å². The topological polar surface area (TPSA) is 59.3 Å². The Morgan fingerprint density at radius 3 is 2.13 bits per heavy atom. The van der Waals surface area contributed by atoms with Crippen molar-refractivity contribution in [2.45, 2.75) is 6.92 Å². The molecule has 4 N–H and O–H groups in total. The van der Waals surface area contributed by atoms with Crippen molar-refractivity contribution in [2.75, 3.05) is 23.2 Å². The Labute approximate surface area is 176 Å². The lowest BCUT2D eigenvalue weighted by atomic mass is 10.2. The average Bonchev–Trinajstić information content (AvgIpc) is 2.47. The number of halogens is 5. The van der Waals surface area contributed by atoms with Crippen molar-refractivity contribution in [1.82, 2.24) is 0 Å². The highest BCUT2D eigenvalue weighted by molar-refractivity contribution is 9.12. The molecule has 0 atom stereocenters. The fourth-order valence-electron chi connectivity index (χ4n) is 1.79. The van der Waals surface area contributed by atoms with Crippen LogP contribution in [0.5, 0.6) is 5.75 Å². The summed E-state index contributed by atoms with van der Waals surface area (Å²) in [5, 5.41) is 0. The number of hydrogen-bond acceptors (Lipinski definition) is 4. The first-order valence-corrected chi connectivity index (χ1v) is 10.4. The van der Waals surface area contributed by atoms with Gasteiger partial charge in [-0.3, -0.25) is 10.9 Å². The number of nitrogens with two attached hydrogens (primary N) is 1. The summed E-state index contributed by atoms with van der Waals surface area (Å²) in [4.78, 5) is 0. The Morgan fingerprint density at radius 2 is 1.57 bits per heavy atom. The van der Waals surface area contributed by atoms with Crippen LogP contribution < -0.4 is 21.3 Å². The van der Waals surface area contributed by atoms with E-state index in [1.165, 1.54) is 0 Å². The van der Waals surface area contributed by atoms with Crippen molar-refractivity contribution < 1.29 is 4.74 Å². The summed E-state index contributed by atoms with van der Waals surface area (Å²) in [6.45, 7) is 2.45. The van der Waals surface area contributed by atoms with Gasteiger partial charge in [0.1, 0.15) is 0 Å². The number of benzene rings is 2. The molecule has 9 heteroatoms. The van der Waals surface area contributed by atoms with Crippen LogP contribution in [0, 0.1) is 0 Å². The molecule has 4 nitrogen and oxygen atoms in total. The Kier molecular flexibility index (Phi) is 7.09. The summed E-state index contributed by atoms with van der Waals surface area (Å²) in [6.07, 6.45) is 0. The molecule has 0 bridgehead atoms. The van der Waals surface area contributed by atoms with E-state index in [0.717, 1.165) is 29.3 Å². The van der Waals surface area contributed by atoms with Crippen LogP contribution in [-0.4, -0.2) is 6.61 Å². The minimum Gasteiger partial charge on any atom is -0.490 e. The number of nitrogen functional groups attached to an aromatic ring is 1. The van der Waals surface area contributed by atoms with E-state index in [4.69, 9.17) is 10.5 Å². The minimum atomic E-state index is 0.528. The molecule has 124 valence electrons. The highest BCUT2D eigenvalue weighted by atomic mass is 79.9. The van der Waals surface area contributed by atoms with Crippen molar-refractivity contribution in [1.29, 1.82) is 0 Å². The summed E-state index contributed by atoms with van der Waals surface area (Å²) in [7, 11) is 0. The van der Waals surface area contributed by atoms with Crippen LogP contribution in [0.3, 0.4) is 0 Å². The molecule has 0 aliphatic heterocycles. The van der Waals surface area contributed by atoms with Gasteiger partial charge in [0, 0.05) is 17.9 Å². The molecule has 0 heterocycles. The zero-order chi connectivity index (χ0) is 17.1. The molecule has 0 aromatic heterocycles. The van der Waals surface area contributed by atoms with E-state index in [0.29, 0.717) is 22.5 Å². The maximum absolute atomic E-state index is 6.01. The van der Waals surface area contributed by atoms with Crippen molar-refractivity contribution in [3.8, 4) is 5.75 Å². The van der Waals surface area contributed by atoms with Crippen molar-refractivity contribution in [2.24, 2.45) is 0 Å². The van der Waals surface area contributed by atoms with Crippen molar-refractivity contribution >= 4 is 96.7 Å². The van der Waals surface area contributed by atoms with Crippen LogP contribution in [0.25, 0.3) is 0 Å². The van der Waals surface area contributed by atoms with Gasteiger partial charge in [-0.2, -0.15) is 0 Å². The fraction of sp³-hybridized carbons (Fsp3) is 0.143. The SMILES string of the molecule is CCOc1c(NNc2c(Br)cc(Br)cc2Br)cc(Br)c(N)c1Br. The molecule has 2 aromatic carbocycles. The first kappa shape index (κ1) is 19.4. The number of ether oxygens (including phenoxy) is 1. The van der Waals surface area contributed by atoms with Crippen LogP contribution in [0.1, 0.15) is 6.92 Å². The highest BCUT2D eigenvalue weighted by Crippen LogP contribution is 2.43. The number of rotatable bonds is 5. The molecule has 0 aliphatic carbocycles. The predicted octanol–water partition coefficient (Wildman–Crippen LogP) is 6.92. The quantitative estimate of drug-likeness (QED) is 0.246. The molecule has 2 aromatic rings. The second kappa shape index (κ2) is 8.42. The molecule has 0 amide bonds. The third-order valence-electron chi connectivity index (χ3n) is 2.83. The predicted molar refractivity (Wildman–Crippen MR) is 114 cm³/mol. The van der Waals surface area contributed by atoms with Gasteiger partial charge < -0.3 is 10.5 Å². The molecule has 23 heavy (non-hydrogen) atoms. The van der Waals surface area contributed by atoms with Gasteiger partial charge in [-0.15, -0.1) is 0 Å². The van der Waals surface area contributed by atoms with Crippen LogP contribution in [-0.2, 0) is 0 Å². The lowest BCUT2D eigenvalue weighted by Gasteiger charge is -2.19. The zero-order valence-corrected chi connectivity index (χ0v) is 19.7. The van der Waals surface area contributed by atoms with Crippen LogP contribution >= 0.6 is 79.6 Å². The third kappa shape index (κ3) is 4.56. The summed E-state index contributed by atoms with van der Waals surface area (Å²) in [5.74, 6) is 0.644. The first-order valence-electron chi connectivity index (χ1n) is 6.42. The van der Waals surface area contributed by atoms with E-state index in [1.54, 1.807) is 0 Å². The Bertz CT molecular complexity index is 716. The third-order valence-corrected chi connectivity index (χ3v) is 5.98. The van der Waals surface area contributed by atoms with Crippen molar-refractivity contribution in [3.05, 3.63) is 40.6 Å². The fourth-order valence-corrected chi connectivity index (χ4v) is 5.48. The normalized spacial score (nSPS) is 10.5. The lowest BCUT2D eigenvalue weighted by Crippen LogP contribution is -2.12. The van der Waals surface area contributed by atoms with Gasteiger partial charge >= 0.3 is 0 Å². The van der Waals surface area contributed by atoms with E-state index < -0.39 is 0 Å².